The molecule has 0 saturated carbocycles. The number of hydrogen-bond acceptors (Lipinski definition) is 3. The van der Waals surface area contributed by atoms with Gasteiger partial charge in [0.05, 0.1) is 6.61 Å². The summed E-state index contributed by atoms with van der Waals surface area (Å²) in [6.07, 6.45) is 2.43. The summed E-state index contributed by atoms with van der Waals surface area (Å²) in [6.45, 7) is 11.9. The van der Waals surface area contributed by atoms with Gasteiger partial charge in [0.15, 0.2) is 0 Å². The molecule has 0 aliphatic carbocycles. The summed E-state index contributed by atoms with van der Waals surface area (Å²) in [7, 11) is 1.73. The molecule has 92 valence electrons. The molecule has 0 aromatic carbocycles. The lowest BCUT2D eigenvalue weighted by molar-refractivity contribution is 0.199. The van der Waals surface area contributed by atoms with E-state index in [9.17, 15) is 0 Å². The van der Waals surface area contributed by atoms with Crippen LogP contribution >= 0.6 is 0 Å². The maximum atomic E-state index is 4.95. The zero-order chi connectivity index (χ0) is 11.6. The second-order valence-corrected chi connectivity index (χ2v) is 5.16. The molecule has 0 atom stereocenters. The number of ether oxygens (including phenoxy) is 1. The largest absolute Gasteiger partial charge is 0.383 e. The summed E-state index contributed by atoms with van der Waals surface area (Å²) >= 11 is 0. The van der Waals surface area contributed by atoms with E-state index < -0.39 is 0 Å². The van der Waals surface area contributed by atoms with Gasteiger partial charge in [0, 0.05) is 13.7 Å². The van der Waals surface area contributed by atoms with Crippen LogP contribution in [0.15, 0.2) is 0 Å². The van der Waals surface area contributed by atoms with Crippen molar-refractivity contribution in [1.29, 1.82) is 0 Å². The highest BCUT2D eigenvalue weighted by molar-refractivity contribution is 4.63. The third-order valence-electron chi connectivity index (χ3n) is 2.24. The minimum Gasteiger partial charge on any atom is -0.383 e. The van der Waals surface area contributed by atoms with Crippen molar-refractivity contribution < 1.29 is 4.74 Å². The second-order valence-electron chi connectivity index (χ2n) is 5.16. The molecule has 0 rings (SSSR count). The van der Waals surface area contributed by atoms with E-state index in [0.717, 1.165) is 32.8 Å². The fraction of sp³-hybridized carbons (Fsp3) is 1.00. The molecule has 0 heterocycles. The molecule has 15 heavy (non-hydrogen) atoms. The highest BCUT2D eigenvalue weighted by Crippen LogP contribution is 2.16. The Labute approximate surface area is 95.0 Å². The minimum absolute atomic E-state index is 0.448. The quantitative estimate of drug-likeness (QED) is 0.575. The molecule has 0 spiro atoms. The first kappa shape index (κ1) is 14.9. The van der Waals surface area contributed by atoms with Gasteiger partial charge in [-0.05, 0) is 37.9 Å². The number of hydrogen-bond donors (Lipinski definition) is 2. The summed E-state index contributed by atoms with van der Waals surface area (Å²) in [5, 5.41) is 6.79. The van der Waals surface area contributed by atoms with Crippen molar-refractivity contribution in [3.05, 3.63) is 0 Å². The van der Waals surface area contributed by atoms with E-state index in [0.29, 0.717) is 5.41 Å². The fourth-order valence-electron chi connectivity index (χ4n) is 1.23. The normalized spacial score (nSPS) is 12.0. The maximum Gasteiger partial charge on any atom is 0.0587 e. The van der Waals surface area contributed by atoms with E-state index in [-0.39, 0.29) is 0 Å². The Hall–Kier alpha value is -0.120. The maximum absolute atomic E-state index is 4.95. The number of methoxy groups -OCH3 is 1. The van der Waals surface area contributed by atoms with Gasteiger partial charge in [-0.3, -0.25) is 0 Å². The zero-order valence-corrected chi connectivity index (χ0v) is 10.9. The summed E-state index contributed by atoms with van der Waals surface area (Å²) in [5.41, 5.74) is 0.448. The van der Waals surface area contributed by atoms with Gasteiger partial charge < -0.3 is 15.4 Å². The molecule has 3 nitrogen and oxygen atoms in total. The van der Waals surface area contributed by atoms with Gasteiger partial charge in [-0.1, -0.05) is 20.8 Å². The van der Waals surface area contributed by atoms with E-state index in [1.807, 2.05) is 0 Å². The molecule has 0 aliphatic rings. The van der Waals surface area contributed by atoms with Crippen LogP contribution in [0, 0.1) is 5.41 Å². The summed E-state index contributed by atoms with van der Waals surface area (Å²) < 4.78 is 4.95. The van der Waals surface area contributed by atoms with Crippen LogP contribution in [0.2, 0.25) is 0 Å². The molecule has 0 bridgehead atoms. The van der Waals surface area contributed by atoms with Gasteiger partial charge in [0.1, 0.15) is 0 Å². The molecule has 0 fully saturated rings. The van der Waals surface area contributed by atoms with Crippen LogP contribution < -0.4 is 10.6 Å². The van der Waals surface area contributed by atoms with Gasteiger partial charge in [-0.2, -0.15) is 0 Å². The fourth-order valence-corrected chi connectivity index (χ4v) is 1.23. The van der Waals surface area contributed by atoms with Crippen LogP contribution in [0.25, 0.3) is 0 Å². The molecule has 0 saturated heterocycles. The van der Waals surface area contributed by atoms with Crippen LogP contribution in [0.4, 0.5) is 0 Å². The molecular formula is C12H28N2O. The second kappa shape index (κ2) is 9.13. The Morgan fingerprint density at radius 3 is 2.07 bits per heavy atom. The van der Waals surface area contributed by atoms with Gasteiger partial charge in [-0.25, -0.2) is 0 Å². The highest BCUT2D eigenvalue weighted by atomic mass is 16.5. The molecule has 0 unspecified atom stereocenters. The smallest absolute Gasteiger partial charge is 0.0587 e. The molecule has 0 aromatic heterocycles. The van der Waals surface area contributed by atoms with Crippen molar-refractivity contribution in [2.24, 2.45) is 5.41 Å². The third-order valence-corrected chi connectivity index (χ3v) is 2.24. The van der Waals surface area contributed by atoms with Gasteiger partial charge >= 0.3 is 0 Å². The zero-order valence-electron chi connectivity index (χ0n) is 10.9. The highest BCUT2D eigenvalue weighted by Gasteiger charge is 2.08. The average molecular weight is 216 g/mol. The number of nitrogens with one attached hydrogen (secondary N) is 2. The Kier molecular flexibility index (Phi) is 9.06. The Bertz CT molecular complexity index is 132. The lowest BCUT2D eigenvalue weighted by Crippen LogP contribution is -2.26. The molecule has 0 aromatic rings. The Balaban J connectivity index is 2.99. The van der Waals surface area contributed by atoms with Crippen molar-refractivity contribution in [2.45, 2.75) is 33.6 Å². The number of rotatable bonds is 9. The van der Waals surface area contributed by atoms with Crippen LogP contribution in [0.1, 0.15) is 33.6 Å². The Morgan fingerprint density at radius 1 is 0.933 bits per heavy atom. The first-order chi connectivity index (χ1) is 7.06. The predicted octanol–water partition coefficient (Wildman–Crippen LogP) is 1.64. The van der Waals surface area contributed by atoms with Gasteiger partial charge in [0.25, 0.3) is 0 Å². The molecule has 3 heteroatoms. The topological polar surface area (TPSA) is 33.3 Å². The molecular weight excluding hydrogens is 188 g/mol. The van der Waals surface area contributed by atoms with E-state index in [4.69, 9.17) is 4.74 Å². The first-order valence-corrected chi connectivity index (χ1v) is 5.96. The van der Waals surface area contributed by atoms with Crippen LogP contribution in [-0.4, -0.2) is 39.9 Å². The average Bonchev–Trinajstić information content (AvgIpc) is 2.14. The van der Waals surface area contributed by atoms with Gasteiger partial charge in [0.2, 0.25) is 0 Å². The molecule has 2 N–H and O–H groups in total. The van der Waals surface area contributed by atoms with Crippen molar-refractivity contribution in [2.75, 3.05) is 39.9 Å². The van der Waals surface area contributed by atoms with Crippen LogP contribution in [0.3, 0.4) is 0 Å². The summed E-state index contributed by atoms with van der Waals surface area (Å²) in [6, 6.07) is 0. The van der Waals surface area contributed by atoms with Crippen LogP contribution in [0.5, 0.6) is 0 Å². The minimum atomic E-state index is 0.448. The van der Waals surface area contributed by atoms with Crippen molar-refractivity contribution >= 4 is 0 Å². The summed E-state index contributed by atoms with van der Waals surface area (Å²) in [5.74, 6) is 0. The van der Waals surface area contributed by atoms with E-state index >= 15 is 0 Å². The molecule has 0 radical (unpaired) electrons. The van der Waals surface area contributed by atoms with E-state index in [1.54, 1.807) is 7.11 Å². The van der Waals surface area contributed by atoms with Gasteiger partial charge in [-0.15, -0.1) is 0 Å². The van der Waals surface area contributed by atoms with Crippen LogP contribution in [-0.2, 0) is 4.74 Å². The predicted molar refractivity (Wildman–Crippen MR) is 66.3 cm³/mol. The standard InChI is InChI=1S/C12H28N2O/c1-12(2,3)6-9-13-7-5-8-14-10-11-15-4/h13-14H,5-11H2,1-4H3. The van der Waals surface area contributed by atoms with E-state index in [1.165, 1.54) is 12.8 Å². The summed E-state index contributed by atoms with van der Waals surface area (Å²) in [4.78, 5) is 0. The molecule has 0 amide bonds. The van der Waals surface area contributed by atoms with Crippen molar-refractivity contribution in [1.82, 2.24) is 10.6 Å². The lowest BCUT2D eigenvalue weighted by Gasteiger charge is -2.18. The SMILES string of the molecule is COCCNCCCNCCC(C)(C)C. The molecule has 0 aliphatic heterocycles. The van der Waals surface area contributed by atoms with Crippen molar-refractivity contribution in [3.8, 4) is 0 Å². The van der Waals surface area contributed by atoms with E-state index in [2.05, 4.69) is 31.4 Å². The third kappa shape index (κ3) is 13.9. The lowest BCUT2D eigenvalue weighted by atomic mass is 9.92. The van der Waals surface area contributed by atoms with Crippen molar-refractivity contribution in [3.63, 3.8) is 0 Å². The Morgan fingerprint density at radius 2 is 1.53 bits per heavy atom. The first-order valence-electron chi connectivity index (χ1n) is 5.96. The monoisotopic (exact) mass is 216 g/mol.